The quantitative estimate of drug-likeness (QED) is 0.264. The highest BCUT2D eigenvalue weighted by Gasteiger charge is 2.39. The van der Waals surface area contributed by atoms with Crippen molar-refractivity contribution in [2.45, 2.75) is 51.1 Å². The van der Waals surface area contributed by atoms with Crippen molar-refractivity contribution >= 4 is 28.5 Å². The van der Waals surface area contributed by atoms with E-state index in [2.05, 4.69) is 12.2 Å². The molecular formula is C36H37N3O4. The van der Waals surface area contributed by atoms with Gasteiger partial charge in [-0.15, -0.1) is 0 Å². The van der Waals surface area contributed by atoms with E-state index in [1.54, 1.807) is 4.90 Å². The normalized spacial score (nSPS) is 18.5. The van der Waals surface area contributed by atoms with Crippen LogP contribution >= 0.6 is 0 Å². The minimum Gasteiger partial charge on any atom is -0.381 e. The number of nitrogens with one attached hydrogen (secondary N) is 1. The van der Waals surface area contributed by atoms with Gasteiger partial charge in [-0.3, -0.25) is 14.4 Å². The van der Waals surface area contributed by atoms with E-state index in [4.69, 9.17) is 9.72 Å². The number of hydrogen-bond donors (Lipinski definition) is 1. The zero-order chi connectivity index (χ0) is 29.8. The van der Waals surface area contributed by atoms with E-state index in [-0.39, 0.29) is 30.2 Å². The van der Waals surface area contributed by atoms with Gasteiger partial charge in [-0.2, -0.15) is 0 Å². The van der Waals surface area contributed by atoms with Crippen molar-refractivity contribution in [1.29, 1.82) is 0 Å². The molecule has 1 aromatic heterocycles. The highest BCUT2D eigenvalue weighted by atomic mass is 16.5. The van der Waals surface area contributed by atoms with Crippen LogP contribution in [0.5, 0.6) is 0 Å². The maximum Gasteiger partial charge on any atom is 0.290 e. The number of Topliss-reactive ketones (excluding diaryl/α,β-unsaturated/α-hetero) is 1. The van der Waals surface area contributed by atoms with Gasteiger partial charge in [0, 0.05) is 42.7 Å². The molecule has 3 aromatic carbocycles. The maximum atomic E-state index is 14.3. The Morgan fingerprint density at radius 3 is 2.33 bits per heavy atom. The molecule has 2 aliphatic heterocycles. The maximum absolute atomic E-state index is 14.3. The average Bonchev–Trinajstić information content (AvgIpc) is 3.06. The first-order valence-electron chi connectivity index (χ1n) is 15.3. The summed E-state index contributed by atoms with van der Waals surface area (Å²) in [6.07, 6.45) is 3.03. The van der Waals surface area contributed by atoms with Crippen molar-refractivity contribution in [3.63, 3.8) is 0 Å². The Bertz CT molecular complexity index is 1620. The van der Waals surface area contributed by atoms with Crippen molar-refractivity contribution in [2.75, 3.05) is 19.8 Å². The molecule has 7 heteroatoms. The number of pyridine rings is 1. The highest BCUT2D eigenvalue weighted by Crippen LogP contribution is 2.35. The van der Waals surface area contributed by atoms with Crippen LogP contribution in [0.15, 0.2) is 84.9 Å². The number of ketones is 1. The summed E-state index contributed by atoms with van der Waals surface area (Å²) in [6, 6.07) is 27.2. The van der Waals surface area contributed by atoms with Crippen molar-refractivity contribution in [2.24, 2.45) is 5.92 Å². The van der Waals surface area contributed by atoms with Crippen LogP contribution in [0.2, 0.25) is 0 Å². The number of nitrogens with zero attached hydrogens (tertiary/aromatic N) is 2. The summed E-state index contributed by atoms with van der Waals surface area (Å²) < 4.78 is 5.47. The molecular weight excluding hydrogens is 538 g/mol. The van der Waals surface area contributed by atoms with Gasteiger partial charge in [-0.25, -0.2) is 4.98 Å². The third-order valence-corrected chi connectivity index (χ3v) is 8.83. The first-order chi connectivity index (χ1) is 21.0. The molecule has 0 aliphatic carbocycles. The molecule has 0 bridgehead atoms. The molecule has 2 saturated heterocycles. The number of aromatic nitrogens is 1. The topological polar surface area (TPSA) is 88.6 Å². The van der Waals surface area contributed by atoms with Gasteiger partial charge in [0.25, 0.3) is 11.8 Å². The Balaban J connectivity index is 1.41. The van der Waals surface area contributed by atoms with Crippen LogP contribution < -0.4 is 5.32 Å². The third-order valence-electron chi connectivity index (χ3n) is 8.83. The molecule has 7 nitrogen and oxygen atoms in total. The van der Waals surface area contributed by atoms with Crippen LogP contribution in [0.3, 0.4) is 0 Å². The molecule has 0 saturated carbocycles. The van der Waals surface area contributed by atoms with Gasteiger partial charge >= 0.3 is 0 Å². The minimum absolute atomic E-state index is 0.0404. The van der Waals surface area contributed by atoms with Crippen molar-refractivity contribution in [1.82, 2.24) is 15.2 Å². The Kier molecular flexibility index (Phi) is 8.61. The molecule has 4 aromatic rings. The SMILES string of the molecule is CC[C@H](NC(=O)c1c(CC2CCN(C3CCOCC3)C(=O)C2=O)c(-c2ccccc2)nc2ccccc12)c1ccccc1. The Morgan fingerprint density at radius 2 is 1.60 bits per heavy atom. The molecule has 2 fully saturated rings. The van der Waals surface area contributed by atoms with Crippen molar-refractivity contribution in [3.05, 3.63) is 102 Å². The molecule has 2 atom stereocenters. The van der Waals surface area contributed by atoms with E-state index >= 15 is 0 Å². The lowest BCUT2D eigenvalue weighted by molar-refractivity contribution is -0.153. The van der Waals surface area contributed by atoms with Crippen LogP contribution in [0.4, 0.5) is 0 Å². The third kappa shape index (κ3) is 5.95. The van der Waals surface area contributed by atoms with E-state index in [1.165, 1.54) is 0 Å². The number of likely N-dealkylation sites (tertiary alicyclic amines) is 1. The fraction of sp³-hybridized carbons (Fsp3) is 0.333. The largest absolute Gasteiger partial charge is 0.381 e. The first kappa shape index (κ1) is 28.7. The molecule has 6 rings (SSSR count). The number of carbonyl (C=O) groups excluding carboxylic acids is 3. The fourth-order valence-corrected chi connectivity index (χ4v) is 6.51. The van der Waals surface area contributed by atoms with Gasteiger partial charge in [-0.05, 0) is 49.3 Å². The number of para-hydroxylation sites is 1. The van der Waals surface area contributed by atoms with E-state index in [0.29, 0.717) is 48.5 Å². The summed E-state index contributed by atoms with van der Waals surface area (Å²) in [4.78, 5) is 48.2. The molecule has 43 heavy (non-hydrogen) atoms. The average molecular weight is 576 g/mol. The number of piperidine rings is 1. The molecule has 3 heterocycles. The summed E-state index contributed by atoms with van der Waals surface area (Å²) >= 11 is 0. The lowest BCUT2D eigenvalue weighted by Gasteiger charge is -2.38. The molecule has 220 valence electrons. The molecule has 0 radical (unpaired) electrons. The lowest BCUT2D eigenvalue weighted by atomic mass is 9.83. The molecule has 1 N–H and O–H groups in total. The van der Waals surface area contributed by atoms with E-state index in [0.717, 1.165) is 35.8 Å². The smallest absolute Gasteiger partial charge is 0.290 e. The van der Waals surface area contributed by atoms with E-state index in [9.17, 15) is 14.4 Å². The number of benzene rings is 3. The lowest BCUT2D eigenvalue weighted by Crippen LogP contribution is -2.52. The summed E-state index contributed by atoms with van der Waals surface area (Å²) in [5.41, 5.74) is 4.50. The molecule has 2 amide bonds. The zero-order valence-corrected chi connectivity index (χ0v) is 24.5. The van der Waals surface area contributed by atoms with Crippen molar-refractivity contribution < 1.29 is 19.1 Å². The standard InChI is InChI=1S/C36H37N3O4/c1-2-30(24-11-5-3-6-12-24)38-35(41)32-28-15-9-10-16-31(28)37-33(25-13-7-4-8-14-25)29(32)23-26-17-20-39(36(42)34(26)40)27-18-21-43-22-19-27/h3-16,26-27,30H,2,17-23H2,1H3,(H,38,41)/t26?,30-/m0/s1. The number of amides is 2. The summed E-state index contributed by atoms with van der Waals surface area (Å²) in [5, 5.41) is 4.01. The van der Waals surface area contributed by atoms with E-state index in [1.807, 2.05) is 84.9 Å². The predicted molar refractivity (Wildman–Crippen MR) is 166 cm³/mol. The van der Waals surface area contributed by atoms with Gasteiger partial charge in [0.05, 0.1) is 22.8 Å². The first-order valence-corrected chi connectivity index (χ1v) is 15.3. The molecule has 0 spiro atoms. The Morgan fingerprint density at radius 1 is 0.930 bits per heavy atom. The van der Waals surface area contributed by atoms with Gasteiger partial charge in [0.1, 0.15) is 0 Å². The van der Waals surface area contributed by atoms with Crippen LogP contribution in [-0.2, 0) is 20.7 Å². The van der Waals surface area contributed by atoms with Crippen LogP contribution in [0, 0.1) is 5.92 Å². The molecule has 1 unspecified atom stereocenters. The van der Waals surface area contributed by atoms with Crippen LogP contribution in [0.1, 0.15) is 60.1 Å². The Labute approximate surface area is 252 Å². The minimum atomic E-state index is -0.531. The second-order valence-electron chi connectivity index (χ2n) is 11.4. The Hall–Kier alpha value is -4.36. The number of rotatable bonds is 8. The van der Waals surface area contributed by atoms with Gasteiger partial charge in [-0.1, -0.05) is 85.8 Å². The second-order valence-corrected chi connectivity index (χ2v) is 11.4. The summed E-state index contributed by atoms with van der Waals surface area (Å²) in [7, 11) is 0. The van der Waals surface area contributed by atoms with Gasteiger partial charge in [0.15, 0.2) is 0 Å². The highest BCUT2D eigenvalue weighted by molar-refractivity contribution is 6.37. The number of ether oxygens (including phenoxy) is 1. The summed E-state index contributed by atoms with van der Waals surface area (Å²) in [6.45, 7) is 3.79. The fourth-order valence-electron chi connectivity index (χ4n) is 6.51. The predicted octanol–water partition coefficient (Wildman–Crippen LogP) is 5.92. The van der Waals surface area contributed by atoms with Gasteiger partial charge < -0.3 is 15.0 Å². The zero-order valence-electron chi connectivity index (χ0n) is 24.5. The monoisotopic (exact) mass is 575 g/mol. The summed E-state index contributed by atoms with van der Waals surface area (Å²) in [5.74, 6) is -1.54. The molecule has 2 aliphatic rings. The van der Waals surface area contributed by atoms with E-state index < -0.39 is 11.8 Å². The number of hydrogen-bond acceptors (Lipinski definition) is 5. The van der Waals surface area contributed by atoms with Crippen LogP contribution in [0.25, 0.3) is 22.2 Å². The number of carbonyl (C=O) groups is 3. The number of fused-ring (bicyclic) bond motifs is 1. The van der Waals surface area contributed by atoms with Gasteiger partial charge in [0.2, 0.25) is 5.78 Å². The second kappa shape index (κ2) is 12.9. The van der Waals surface area contributed by atoms with Crippen molar-refractivity contribution in [3.8, 4) is 11.3 Å². The van der Waals surface area contributed by atoms with Crippen LogP contribution in [-0.4, -0.2) is 53.3 Å².